The fourth-order valence-electron chi connectivity index (χ4n) is 4.16. The smallest absolute Gasteiger partial charge is 0.261 e. The lowest BCUT2D eigenvalue weighted by atomic mass is 10.1. The molecule has 170 valence electrons. The molecule has 4 heterocycles. The molecule has 0 bridgehead atoms. The first kappa shape index (κ1) is 23.9. The van der Waals surface area contributed by atoms with Gasteiger partial charge in [-0.15, -0.1) is 22.7 Å². The van der Waals surface area contributed by atoms with E-state index in [1.54, 1.807) is 22.7 Å². The van der Waals surface area contributed by atoms with Crippen LogP contribution in [0.15, 0.2) is 39.2 Å². The number of hydrogen-bond donors (Lipinski definition) is 0. The number of amides is 2. The maximum absolute atomic E-state index is 14.0. The number of nitrogens with zero attached hydrogens (tertiary/aromatic N) is 2. The average Bonchev–Trinajstić information content (AvgIpc) is 3.37. The van der Waals surface area contributed by atoms with E-state index in [4.69, 9.17) is 0 Å². The molecule has 0 aromatic carbocycles. The third kappa shape index (κ3) is 4.42. The first-order valence-electron chi connectivity index (χ1n) is 10.7. The van der Waals surface area contributed by atoms with Gasteiger partial charge in [-0.3, -0.25) is 9.59 Å². The fraction of sp³-hybridized carbons (Fsp3) is 0.391. The quantitative estimate of drug-likeness (QED) is 0.378. The third-order valence-electron chi connectivity index (χ3n) is 5.23. The Labute approximate surface area is 208 Å². The van der Waals surface area contributed by atoms with E-state index in [-0.39, 0.29) is 11.8 Å². The first-order valence-corrected chi connectivity index (χ1v) is 20.6. The lowest BCUT2D eigenvalue weighted by molar-refractivity contribution is -0.123. The van der Waals surface area contributed by atoms with Crippen LogP contribution in [0.1, 0.15) is 14.6 Å². The number of thiophene rings is 2. The molecular weight excluding hydrogens is 536 g/mol. The van der Waals surface area contributed by atoms with Gasteiger partial charge in [0.2, 0.25) is 0 Å². The van der Waals surface area contributed by atoms with E-state index < -0.39 is 16.1 Å². The van der Waals surface area contributed by atoms with E-state index in [0.29, 0.717) is 23.5 Å². The Bertz CT molecular complexity index is 1090. The minimum absolute atomic E-state index is 0.0190. The van der Waals surface area contributed by atoms with Crippen LogP contribution in [0.3, 0.4) is 0 Å². The Morgan fingerprint density at radius 2 is 1.19 bits per heavy atom. The Hall–Kier alpha value is -1.27. The summed E-state index contributed by atoms with van der Waals surface area (Å²) in [7, 11) is -3.25. The Kier molecular flexibility index (Phi) is 6.11. The molecule has 0 fully saturated rings. The van der Waals surface area contributed by atoms with Crippen molar-refractivity contribution >= 4 is 78.0 Å². The number of halogens is 1. The van der Waals surface area contributed by atoms with Crippen LogP contribution in [0.4, 0.5) is 0 Å². The molecule has 32 heavy (non-hydrogen) atoms. The summed E-state index contributed by atoms with van der Waals surface area (Å²) < 4.78 is 0.997. The van der Waals surface area contributed by atoms with E-state index in [1.165, 1.54) is 4.88 Å². The largest absolute Gasteiger partial charge is 0.309 e. The van der Waals surface area contributed by atoms with Gasteiger partial charge in [0.15, 0.2) is 0 Å². The normalized spacial score (nSPS) is 17.4. The van der Waals surface area contributed by atoms with Gasteiger partial charge in [-0.05, 0) is 47.1 Å². The van der Waals surface area contributed by atoms with Gasteiger partial charge < -0.3 is 9.80 Å². The number of carbonyl (C=O) groups excluding carboxylic acids is 2. The van der Waals surface area contributed by atoms with Crippen molar-refractivity contribution < 1.29 is 9.59 Å². The van der Waals surface area contributed by atoms with Crippen molar-refractivity contribution in [2.45, 2.75) is 46.2 Å². The summed E-state index contributed by atoms with van der Waals surface area (Å²) in [6.45, 7) is 15.6. The van der Waals surface area contributed by atoms with E-state index in [1.807, 2.05) is 21.9 Å². The average molecular weight is 566 g/mol. The molecule has 0 saturated heterocycles. The second-order valence-electron chi connectivity index (χ2n) is 10.9. The fourth-order valence-corrected chi connectivity index (χ4v) is 9.04. The van der Waals surface area contributed by atoms with Crippen LogP contribution in [-0.2, 0) is 9.59 Å². The molecule has 0 atom stereocenters. The molecular formula is C23H29BrN2O2S2Si2. The van der Waals surface area contributed by atoms with Crippen LogP contribution in [0.25, 0.3) is 11.4 Å². The Balaban J connectivity index is 1.99. The molecule has 9 heteroatoms. The number of hydrogen-bond acceptors (Lipinski definition) is 4. The van der Waals surface area contributed by atoms with Gasteiger partial charge >= 0.3 is 0 Å². The highest BCUT2D eigenvalue weighted by Crippen LogP contribution is 2.49. The molecule has 2 aliphatic heterocycles. The highest BCUT2D eigenvalue weighted by molar-refractivity contribution is 9.11. The van der Waals surface area contributed by atoms with Crippen molar-refractivity contribution in [3.8, 4) is 0 Å². The van der Waals surface area contributed by atoms with E-state index in [9.17, 15) is 9.59 Å². The summed E-state index contributed by atoms with van der Waals surface area (Å²) in [5.41, 5.74) is 2.83. The van der Waals surface area contributed by atoms with Crippen LogP contribution in [0, 0.1) is 6.92 Å². The molecule has 0 radical (unpaired) electrons. The maximum Gasteiger partial charge on any atom is 0.261 e. The predicted molar refractivity (Wildman–Crippen MR) is 145 cm³/mol. The van der Waals surface area contributed by atoms with Gasteiger partial charge in [-0.25, -0.2) is 0 Å². The molecule has 0 N–H and O–H groups in total. The summed E-state index contributed by atoms with van der Waals surface area (Å²) in [4.78, 5) is 34.9. The lowest BCUT2D eigenvalue weighted by Crippen LogP contribution is -2.43. The molecule has 4 nitrogen and oxygen atoms in total. The number of fused-ring (bicyclic) bond motifs is 1. The van der Waals surface area contributed by atoms with Crippen molar-refractivity contribution in [1.29, 1.82) is 0 Å². The van der Waals surface area contributed by atoms with Crippen molar-refractivity contribution in [2.24, 2.45) is 0 Å². The Morgan fingerprint density at radius 1 is 0.750 bits per heavy atom. The van der Waals surface area contributed by atoms with E-state index in [0.717, 1.165) is 24.9 Å². The second-order valence-corrected chi connectivity index (χ2v) is 25.5. The second kappa shape index (κ2) is 8.19. The highest BCUT2D eigenvalue weighted by Gasteiger charge is 2.50. The van der Waals surface area contributed by atoms with E-state index in [2.05, 4.69) is 74.3 Å². The van der Waals surface area contributed by atoms with Gasteiger partial charge in [0.25, 0.3) is 11.8 Å². The SMILES string of the molecule is Cc1ccc(C2=C3C(=O)N(C[Si](C)(C)C)C(c4ccc(Br)s4)=C3C(=O)N2C[Si](C)(C)C)s1. The highest BCUT2D eigenvalue weighted by atomic mass is 79.9. The van der Waals surface area contributed by atoms with Crippen LogP contribution < -0.4 is 0 Å². The number of carbonyl (C=O) groups is 2. The molecule has 2 aromatic rings. The summed E-state index contributed by atoms with van der Waals surface area (Å²) in [5.74, 6) is -0.0381. The summed E-state index contributed by atoms with van der Waals surface area (Å²) in [6.07, 6.45) is 1.40. The predicted octanol–water partition coefficient (Wildman–Crippen LogP) is 6.44. The summed E-state index contributed by atoms with van der Waals surface area (Å²) in [6, 6.07) is 8.15. The zero-order valence-electron chi connectivity index (χ0n) is 19.6. The molecule has 2 aliphatic rings. The molecule has 0 spiro atoms. The van der Waals surface area contributed by atoms with Crippen LogP contribution >= 0.6 is 38.6 Å². The van der Waals surface area contributed by atoms with Crippen molar-refractivity contribution in [3.63, 3.8) is 0 Å². The molecule has 0 saturated carbocycles. The lowest BCUT2D eigenvalue weighted by Gasteiger charge is -2.30. The zero-order valence-corrected chi connectivity index (χ0v) is 24.8. The van der Waals surface area contributed by atoms with Crippen LogP contribution in [0.5, 0.6) is 0 Å². The van der Waals surface area contributed by atoms with Gasteiger partial charge in [0.1, 0.15) is 0 Å². The van der Waals surface area contributed by atoms with E-state index >= 15 is 0 Å². The monoisotopic (exact) mass is 564 g/mol. The van der Waals surface area contributed by atoms with Crippen LogP contribution in [-0.4, -0.2) is 50.1 Å². The van der Waals surface area contributed by atoms with Gasteiger partial charge in [-0.1, -0.05) is 39.3 Å². The molecule has 0 aliphatic carbocycles. The van der Waals surface area contributed by atoms with Crippen molar-refractivity contribution in [2.75, 3.05) is 12.3 Å². The van der Waals surface area contributed by atoms with Crippen molar-refractivity contribution in [1.82, 2.24) is 9.80 Å². The summed E-state index contributed by atoms with van der Waals surface area (Å²) >= 11 is 6.81. The summed E-state index contributed by atoms with van der Waals surface area (Å²) in [5, 5.41) is 0. The van der Waals surface area contributed by atoms with Gasteiger partial charge in [0, 0.05) is 17.2 Å². The molecule has 2 aromatic heterocycles. The van der Waals surface area contributed by atoms with Crippen LogP contribution in [0.2, 0.25) is 39.3 Å². The molecule has 2 amide bonds. The topological polar surface area (TPSA) is 40.6 Å². The number of aryl methyl sites for hydroxylation is 1. The standard InChI is InChI=1S/C23H29BrN2O2S2Si2/c1-14-8-9-15(29-14)20-18-19(23(28)25(20)12-31(2,3)4)21(16-10-11-17(24)30-16)26(22(18)27)13-32(5,6)7/h8-11H,12-13H2,1-7H3. The zero-order chi connectivity index (χ0) is 23.6. The van der Waals surface area contributed by atoms with Crippen molar-refractivity contribution in [3.05, 3.63) is 53.8 Å². The minimum Gasteiger partial charge on any atom is -0.309 e. The molecule has 0 unspecified atom stereocenters. The maximum atomic E-state index is 14.0. The minimum atomic E-state index is -1.63. The third-order valence-corrected chi connectivity index (χ3v) is 10.4. The van der Waals surface area contributed by atoms with Gasteiger partial charge in [0.05, 0.1) is 52.2 Å². The number of rotatable bonds is 6. The van der Waals surface area contributed by atoms with Gasteiger partial charge in [-0.2, -0.15) is 0 Å². The first-order chi connectivity index (χ1) is 14.8. The Morgan fingerprint density at radius 3 is 1.53 bits per heavy atom. The molecule has 4 rings (SSSR count).